The van der Waals surface area contributed by atoms with Crippen LogP contribution < -0.4 is 0 Å². The summed E-state index contributed by atoms with van der Waals surface area (Å²) in [6, 6.07) is 0. The molecule has 0 saturated heterocycles. The average Bonchev–Trinajstić information content (AvgIpc) is 3.47. The molecule has 1 unspecified atom stereocenters. The van der Waals surface area contributed by atoms with Crippen molar-refractivity contribution in [3.8, 4) is 0 Å². The molecule has 0 rings (SSSR count). The number of hydrogen-bond donors (Lipinski definition) is 0. The van der Waals surface area contributed by atoms with Crippen LogP contribution in [0.4, 0.5) is 0 Å². The highest BCUT2D eigenvalue weighted by atomic mass is 16.6. The van der Waals surface area contributed by atoms with Gasteiger partial charge in [0.15, 0.2) is 6.10 Å². The van der Waals surface area contributed by atoms with Gasteiger partial charge in [0.1, 0.15) is 13.2 Å². The van der Waals surface area contributed by atoms with Crippen molar-refractivity contribution in [2.24, 2.45) is 0 Å². The van der Waals surface area contributed by atoms with Crippen LogP contribution in [0.2, 0.25) is 0 Å². The van der Waals surface area contributed by atoms with Gasteiger partial charge in [-0.3, -0.25) is 14.4 Å². The molecule has 0 aromatic heterocycles. The molecule has 82 heavy (non-hydrogen) atoms. The lowest BCUT2D eigenvalue weighted by atomic mass is 10.0. The van der Waals surface area contributed by atoms with Crippen molar-refractivity contribution in [3.63, 3.8) is 0 Å². The van der Waals surface area contributed by atoms with Gasteiger partial charge < -0.3 is 14.2 Å². The number of esters is 3. The maximum absolute atomic E-state index is 13.0. The van der Waals surface area contributed by atoms with Crippen LogP contribution >= 0.6 is 0 Å². The van der Waals surface area contributed by atoms with Crippen LogP contribution in [0.3, 0.4) is 0 Å². The van der Waals surface area contributed by atoms with Crippen molar-refractivity contribution < 1.29 is 28.6 Å². The standard InChI is InChI=1S/C76H144O6/c1-4-7-10-13-16-19-22-25-28-31-33-35-37-39-40-42-45-48-51-54-57-60-63-66-69-75(78)81-72-73(71-80-74(77)68-65-62-59-56-53-50-47-44-30-27-24-21-18-15-12-9-6-3)82-76(79)70-67-64-61-58-55-52-49-46-43-41-38-36-34-32-29-26-23-20-17-14-11-8-5-2/h23,26,32,34,73H,4-22,24-25,27-31,33,35-72H2,1-3H3/b26-23-,34-32-. The van der Waals surface area contributed by atoms with Crippen LogP contribution in [0.5, 0.6) is 0 Å². The molecule has 0 heterocycles. The second kappa shape index (κ2) is 71.4. The van der Waals surface area contributed by atoms with E-state index in [9.17, 15) is 14.4 Å². The van der Waals surface area contributed by atoms with E-state index in [-0.39, 0.29) is 31.1 Å². The minimum atomic E-state index is -0.770. The molecule has 1 atom stereocenters. The van der Waals surface area contributed by atoms with Gasteiger partial charge >= 0.3 is 17.9 Å². The Morgan fingerprint density at radius 3 is 0.671 bits per heavy atom. The van der Waals surface area contributed by atoms with Gasteiger partial charge in [0, 0.05) is 19.3 Å². The van der Waals surface area contributed by atoms with Crippen molar-refractivity contribution in [2.75, 3.05) is 13.2 Å². The summed E-state index contributed by atoms with van der Waals surface area (Å²) in [5.74, 6) is -0.829. The van der Waals surface area contributed by atoms with Crippen molar-refractivity contribution in [1.82, 2.24) is 0 Å². The van der Waals surface area contributed by atoms with Gasteiger partial charge in [0.2, 0.25) is 0 Å². The molecular weight excluding hydrogens is 1010 g/mol. The maximum atomic E-state index is 13.0. The van der Waals surface area contributed by atoms with E-state index >= 15 is 0 Å². The summed E-state index contributed by atoms with van der Waals surface area (Å²) in [6.07, 6.45) is 87.8. The number of carbonyl (C=O) groups is 3. The van der Waals surface area contributed by atoms with E-state index < -0.39 is 6.10 Å². The molecule has 6 nitrogen and oxygen atoms in total. The first-order valence-corrected chi connectivity index (χ1v) is 37.3. The Labute approximate surface area is 513 Å². The molecule has 0 aliphatic heterocycles. The molecule has 0 radical (unpaired) electrons. The van der Waals surface area contributed by atoms with Gasteiger partial charge in [-0.1, -0.05) is 379 Å². The summed E-state index contributed by atoms with van der Waals surface area (Å²) in [4.78, 5) is 38.5. The van der Waals surface area contributed by atoms with Crippen molar-refractivity contribution in [1.29, 1.82) is 0 Å². The van der Waals surface area contributed by atoms with Crippen LogP contribution in [0.15, 0.2) is 24.3 Å². The zero-order valence-corrected chi connectivity index (χ0v) is 55.8. The second-order valence-corrected chi connectivity index (χ2v) is 25.6. The number of hydrogen-bond acceptors (Lipinski definition) is 6. The predicted octanol–water partition coefficient (Wildman–Crippen LogP) is 25.7. The molecule has 0 bridgehead atoms. The number of ether oxygens (including phenoxy) is 3. The largest absolute Gasteiger partial charge is 0.462 e. The molecule has 0 spiro atoms. The number of unbranched alkanes of at least 4 members (excludes halogenated alkanes) is 55. The zero-order valence-electron chi connectivity index (χ0n) is 55.8. The maximum Gasteiger partial charge on any atom is 0.306 e. The fraction of sp³-hybridized carbons (Fsp3) is 0.908. The lowest BCUT2D eigenvalue weighted by Gasteiger charge is -2.18. The Morgan fingerprint density at radius 1 is 0.244 bits per heavy atom. The van der Waals surface area contributed by atoms with Gasteiger partial charge in [-0.2, -0.15) is 0 Å². The summed E-state index contributed by atoms with van der Waals surface area (Å²) >= 11 is 0. The number of carbonyl (C=O) groups excluding carboxylic acids is 3. The number of rotatable bonds is 70. The highest BCUT2D eigenvalue weighted by Crippen LogP contribution is 2.19. The molecule has 0 aromatic rings. The summed E-state index contributed by atoms with van der Waals surface area (Å²) in [6.45, 7) is 6.73. The van der Waals surface area contributed by atoms with E-state index in [0.29, 0.717) is 19.3 Å². The van der Waals surface area contributed by atoms with E-state index in [1.165, 1.54) is 321 Å². The average molecular weight is 1150 g/mol. The molecular formula is C76H144O6. The second-order valence-electron chi connectivity index (χ2n) is 25.6. The molecule has 0 amide bonds. The Balaban J connectivity index is 4.27. The van der Waals surface area contributed by atoms with Gasteiger partial charge in [-0.15, -0.1) is 0 Å². The van der Waals surface area contributed by atoms with Crippen LogP contribution in [0, 0.1) is 0 Å². The zero-order chi connectivity index (χ0) is 59.2. The normalized spacial score (nSPS) is 12.1. The topological polar surface area (TPSA) is 78.9 Å². The third kappa shape index (κ3) is 68.7. The monoisotopic (exact) mass is 1150 g/mol. The quantitative estimate of drug-likeness (QED) is 0.0261. The first-order chi connectivity index (χ1) is 40.5. The Hall–Kier alpha value is -2.11. The van der Waals surface area contributed by atoms with Crippen LogP contribution in [-0.2, 0) is 28.6 Å². The van der Waals surface area contributed by atoms with Crippen LogP contribution in [0.1, 0.15) is 425 Å². The van der Waals surface area contributed by atoms with Gasteiger partial charge in [-0.05, 0) is 51.4 Å². The van der Waals surface area contributed by atoms with Crippen LogP contribution in [-0.4, -0.2) is 37.2 Å². The van der Waals surface area contributed by atoms with Crippen LogP contribution in [0.25, 0.3) is 0 Å². The molecule has 6 heteroatoms. The minimum Gasteiger partial charge on any atom is -0.462 e. The van der Waals surface area contributed by atoms with Crippen molar-refractivity contribution >= 4 is 17.9 Å². The summed E-state index contributed by atoms with van der Waals surface area (Å²) in [5.41, 5.74) is 0. The molecule has 484 valence electrons. The third-order valence-electron chi connectivity index (χ3n) is 17.2. The molecule has 0 aliphatic rings. The summed E-state index contributed by atoms with van der Waals surface area (Å²) < 4.78 is 17.0. The summed E-state index contributed by atoms with van der Waals surface area (Å²) in [5, 5.41) is 0. The Kier molecular flexibility index (Phi) is 69.5. The number of allylic oxidation sites excluding steroid dienone is 4. The smallest absolute Gasteiger partial charge is 0.306 e. The van der Waals surface area contributed by atoms with Gasteiger partial charge in [0.05, 0.1) is 0 Å². The molecule has 0 fully saturated rings. The lowest BCUT2D eigenvalue weighted by molar-refractivity contribution is -0.167. The molecule has 0 saturated carbocycles. The van der Waals surface area contributed by atoms with E-state index in [2.05, 4.69) is 45.1 Å². The lowest BCUT2D eigenvalue weighted by Crippen LogP contribution is -2.30. The fourth-order valence-corrected chi connectivity index (χ4v) is 11.6. The summed E-state index contributed by atoms with van der Waals surface area (Å²) in [7, 11) is 0. The van der Waals surface area contributed by atoms with Gasteiger partial charge in [-0.25, -0.2) is 0 Å². The Bertz CT molecular complexity index is 1320. The highest BCUT2D eigenvalue weighted by molar-refractivity contribution is 5.71. The minimum absolute atomic E-state index is 0.0648. The van der Waals surface area contributed by atoms with E-state index in [1.54, 1.807) is 0 Å². The van der Waals surface area contributed by atoms with E-state index in [4.69, 9.17) is 14.2 Å². The SMILES string of the molecule is CCCCCCC/C=C\C/C=C\CCCCCCCCCCCCCC(=O)OC(COC(=O)CCCCCCCCCCCCCCCCCCC)COC(=O)CCCCCCCCCCCCCCCCCCCCCCCCCC. The Morgan fingerprint density at radius 2 is 0.439 bits per heavy atom. The van der Waals surface area contributed by atoms with E-state index in [1.807, 2.05) is 0 Å². The van der Waals surface area contributed by atoms with Gasteiger partial charge in [0.25, 0.3) is 0 Å². The molecule has 0 N–H and O–H groups in total. The van der Waals surface area contributed by atoms with Crippen molar-refractivity contribution in [3.05, 3.63) is 24.3 Å². The van der Waals surface area contributed by atoms with Crippen molar-refractivity contribution in [2.45, 2.75) is 431 Å². The first-order valence-electron chi connectivity index (χ1n) is 37.3. The third-order valence-corrected chi connectivity index (χ3v) is 17.2. The van der Waals surface area contributed by atoms with E-state index in [0.717, 1.165) is 64.2 Å². The highest BCUT2D eigenvalue weighted by Gasteiger charge is 2.20. The molecule has 0 aliphatic carbocycles. The predicted molar refractivity (Wildman–Crippen MR) is 358 cm³/mol. The first kappa shape index (κ1) is 79.9. The fourth-order valence-electron chi connectivity index (χ4n) is 11.6. The molecule has 0 aromatic carbocycles.